The Hall–Kier alpha value is -2.67. The fourth-order valence-corrected chi connectivity index (χ4v) is 2.99. The van der Waals surface area contributed by atoms with Crippen molar-refractivity contribution in [1.82, 2.24) is 14.4 Å². The summed E-state index contributed by atoms with van der Waals surface area (Å²) in [6.45, 7) is 3.77. The lowest BCUT2D eigenvalue weighted by Gasteiger charge is -2.28. The fourth-order valence-electron chi connectivity index (χ4n) is 2.99. The Kier molecular flexibility index (Phi) is 8.86. The highest BCUT2D eigenvalue weighted by molar-refractivity contribution is 5.96. The Labute approximate surface area is 171 Å². The predicted octanol–water partition coefficient (Wildman–Crippen LogP) is 3.08. The van der Waals surface area contributed by atoms with Crippen molar-refractivity contribution >= 4 is 11.8 Å². The van der Waals surface area contributed by atoms with E-state index in [4.69, 9.17) is 4.74 Å². The van der Waals surface area contributed by atoms with Gasteiger partial charge in [0.15, 0.2) is 0 Å². The minimum absolute atomic E-state index is 0.0235. The Morgan fingerprint density at radius 3 is 2.41 bits per heavy atom. The third kappa shape index (κ3) is 6.71. The van der Waals surface area contributed by atoms with Gasteiger partial charge < -0.3 is 19.1 Å². The molecule has 2 rings (SSSR count). The molecule has 0 fully saturated rings. The number of hydrogen-bond donors (Lipinski definition) is 0. The number of methoxy groups -OCH3 is 1. The Morgan fingerprint density at radius 1 is 1.10 bits per heavy atom. The number of hydrogen-bond acceptors (Lipinski definition) is 3. The zero-order valence-electron chi connectivity index (χ0n) is 17.4. The van der Waals surface area contributed by atoms with Gasteiger partial charge >= 0.3 is 0 Å². The van der Waals surface area contributed by atoms with E-state index >= 15 is 0 Å². The number of ether oxygens (including phenoxy) is 1. The van der Waals surface area contributed by atoms with Crippen molar-refractivity contribution in [1.29, 1.82) is 0 Å². The van der Waals surface area contributed by atoms with Crippen LogP contribution in [-0.4, -0.2) is 59.5 Å². The molecule has 0 spiro atoms. The Balaban J connectivity index is 2.14. The molecule has 0 unspecified atom stereocenters. The van der Waals surface area contributed by atoms with Gasteiger partial charge in [0.1, 0.15) is 12.4 Å². The van der Waals surface area contributed by atoms with Crippen LogP contribution >= 0.6 is 0 Å². The number of unbranched alkanes of at least 4 members (excludes halogenated alkanes) is 1. The van der Waals surface area contributed by atoms with Gasteiger partial charge in [-0.05, 0) is 42.8 Å². The zero-order chi connectivity index (χ0) is 21.2. The minimum Gasteiger partial charge on any atom is -0.383 e. The topological polar surface area (TPSA) is 54.8 Å². The summed E-state index contributed by atoms with van der Waals surface area (Å²) in [5.41, 5.74) is 1.38. The fraction of sp³-hybridized carbons (Fsp3) is 0.455. The zero-order valence-corrected chi connectivity index (χ0v) is 17.4. The van der Waals surface area contributed by atoms with E-state index in [1.165, 1.54) is 24.3 Å². The monoisotopic (exact) mass is 403 g/mol. The first-order valence-corrected chi connectivity index (χ1v) is 9.88. The molecule has 1 heterocycles. The van der Waals surface area contributed by atoms with Crippen LogP contribution in [-0.2, 0) is 23.1 Å². The smallest absolute Gasteiger partial charge is 0.254 e. The highest BCUT2D eigenvalue weighted by Crippen LogP contribution is 2.11. The number of rotatable bonds is 11. The second-order valence-corrected chi connectivity index (χ2v) is 7.01. The summed E-state index contributed by atoms with van der Waals surface area (Å²) in [4.78, 5) is 29.2. The summed E-state index contributed by atoms with van der Waals surface area (Å²) in [5, 5.41) is 0. The van der Waals surface area contributed by atoms with E-state index in [2.05, 4.69) is 0 Å². The van der Waals surface area contributed by atoms with Gasteiger partial charge in [-0.15, -0.1) is 0 Å². The van der Waals surface area contributed by atoms with Gasteiger partial charge in [0.05, 0.1) is 13.2 Å². The molecule has 0 radical (unpaired) electrons. The number of carbonyl (C=O) groups excluding carboxylic acids is 2. The summed E-state index contributed by atoms with van der Waals surface area (Å²) in [5.74, 6) is -0.807. The first-order valence-electron chi connectivity index (χ1n) is 9.88. The lowest BCUT2D eigenvalue weighted by Crippen LogP contribution is -2.44. The molecule has 0 aliphatic carbocycles. The molecule has 0 atom stereocenters. The van der Waals surface area contributed by atoms with Gasteiger partial charge in [0.25, 0.3) is 5.91 Å². The van der Waals surface area contributed by atoms with Crippen molar-refractivity contribution in [2.45, 2.75) is 26.3 Å². The van der Waals surface area contributed by atoms with Gasteiger partial charge in [-0.25, -0.2) is 4.39 Å². The lowest BCUT2D eigenvalue weighted by molar-refractivity contribution is -0.133. The number of aromatic nitrogens is 1. The van der Waals surface area contributed by atoms with E-state index in [0.29, 0.717) is 31.8 Å². The second kappa shape index (κ2) is 11.4. The Morgan fingerprint density at radius 2 is 1.83 bits per heavy atom. The number of benzene rings is 1. The van der Waals surface area contributed by atoms with Crippen LogP contribution in [0.2, 0.25) is 0 Å². The lowest BCUT2D eigenvalue weighted by atomic mass is 10.2. The Bertz CT molecular complexity index is 789. The highest BCUT2D eigenvalue weighted by atomic mass is 19.1. The van der Waals surface area contributed by atoms with Crippen LogP contribution in [0, 0.1) is 5.82 Å². The first-order chi connectivity index (χ1) is 14.0. The van der Waals surface area contributed by atoms with E-state index in [1.54, 1.807) is 16.9 Å². The van der Waals surface area contributed by atoms with Gasteiger partial charge in [0.2, 0.25) is 5.91 Å². The number of amides is 2. The maximum absolute atomic E-state index is 13.2. The summed E-state index contributed by atoms with van der Waals surface area (Å²) in [7, 11) is 3.52. The van der Waals surface area contributed by atoms with Crippen LogP contribution in [0.4, 0.5) is 4.39 Å². The summed E-state index contributed by atoms with van der Waals surface area (Å²) >= 11 is 0. The highest BCUT2D eigenvalue weighted by Gasteiger charge is 2.22. The van der Waals surface area contributed by atoms with Crippen LogP contribution < -0.4 is 0 Å². The van der Waals surface area contributed by atoms with Gasteiger partial charge in [0, 0.05) is 44.7 Å². The standard InChI is InChI=1S/C22H30FN3O3/c1-4-5-13-26(22(28)18-8-10-19(23)11-9-18)17-21(27)25(14-15-29-3)16-20-7-6-12-24(20)2/h6-12H,4-5,13-17H2,1-3H3. The minimum atomic E-state index is -0.397. The quantitative estimate of drug-likeness (QED) is 0.579. The number of nitrogens with zero attached hydrogens (tertiary/aromatic N) is 3. The molecule has 29 heavy (non-hydrogen) atoms. The van der Waals surface area contributed by atoms with Crippen LogP contribution in [0.3, 0.4) is 0 Å². The maximum Gasteiger partial charge on any atom is 0.254 e. The van der Waals surface area contributed by atoms with Crippen molar-refractivity contribution in [3.63, 3.8) is 0 Å². The molecule has 0 saturated heterocycles. The number of halogens is 1. The van der Waals surface area contributed by atoms with Crippen molar-refractivity contribution < 1.29 is 18.7 Å². The molecular formula is C22H30FN3O3. The number of carbonyl (C=O) groups is 2. The molecule has 0 aliphatic heterocycles. The second-order valence-electron chi connectivity index (χ2n) is 7.01. The van der Waals surface area contributed by atoms with Crippen LogP contribution in [0.1, 0.15) is 35.8 Å². The van der Waals surface area contributed by atoms with Crippen LogP contribution in [0.25, 0.3) is 0 Å². The van der Waals surface area contributed by atoms with E-state index in [-0.39, 0.29) is 18.4 Å². The molecule has 0 bridgehead atoms. The molecule has 1 aromatic heterocycles. The molecular weight excluding hydrogens is 373 g/mol. The SMILES string of the molecule is CCCCN(CC(=O)N(CCOC)Cc1cccn1C)C(=O)c1ccc(F)cc1. The molecule has 158 valence electrons. The molecule has 0 aliphatic rings. The first kappa shape index (κ1) is 22.6. The summed E-state index contributed by atoms with van der Waals surface area (Å²) in [6, 6.07) is 9.31. The molecule has 0 saturated carbocycles. The predicted molar refractivity (Wildman–Crippen MR) is 110 cm³/mol. The summed E-state index contributed by atoms with van der Waals surface area (Å²) < 4.78 is 20.3. The third-order valence-electron chi connectivity index (χ3n) is 4.81. The average molecular weight is 403 g/mol. The van der Waals surface area contributed by atoms with Crippen molar-refractivity contribution in [2.24, 2.45) is 7.05 Å². The van der Waals surface area contributed by atoms with Crippen LogP contribution in [0.5, 0.6) is 0 Å². The molecule has 1 aromatic carbocycles. The normalized spacial score (nSPS) is 10.8. The molecule has 7 heteroatoms. The maximum atomic E-state index is 13.2. The van der Waals surface area contributed by atoms with Gasteiger partial charge in [-0.2, -0.15) is 0 Å². The van der Waals surface area contributed by atoms with E-state index in [1.807, 2.05) is 36.9 Å². The van der Waals surface area contributed by atoms with Gasteiger partial charge in [-0.3, -0.25) is 9.59 Å². The van der Waals surface area contributed by atoms with E-state index in [9.17, 15) is 14.0 Å². The third-order valence-corrected chi connectivity index (χ3v) is 4.81. The van der Waals surface area contributed by atoms with Crippen LogP contribution in [0.15, 0.2) is 42.6 Å². The molecule has 2 amide bonds. The van der Waals surface area contributed by atoms with E-state index < -0.39 is 5.82 Å². The molecule has 2 aromatic rings. The molecule has 6 nitrogen and oxygen atoms in total. The largest absolute Gasteiger partial charge is 0.383 e. The van der Waals surface area contributed by atoms with E-state index in [0.717, 1.165) is 18.5 Å². The average Bonchev–Trinajstić information content (AvgIpc) is 3.12. The number of aryl methyl sites for hydroxylation is 1. The summed E-state index contributed by atoms with van der Waals surface area (Å²) in [6.07, 6.45) is 3.62. The van der Waals surface area contributed by atoms with Gasteiger partial charge in [-0.1, -0.05) is 13.3 Å². The molecule has 0 N–H and O–H groups in total. The van der Waals surface area contributed by atoms with Crippen molar-refractivity contribution in [2.75, 3.05) is 33.4 Å². The van der Waals surface area contributed by atoms with Crippen molar-refractivity contribution in [3.8, 4) is 0 Å². The van der Waals surface area contributed by atoms with Crippen molar-refractivity contribution in [3.05, 3.63) is 59.7 Å².